The van der Waals surface area contributed by atoms with Gasteiger partial charge >= 0.3 is 6.03 Å². The number of nitrogens with one attached hydrogen (secondary N) is 1. The first kappa shape index (κ1) is 16.8. The van der Waals surface area contributed by atoms with Crippen LogP contribution in [0.3, 0.4) is 0 Å². The fraction of sp³-hybridized carbons (Fsp3) is 0.706. The van der Waals surface area contributed by atoms with Crippen LogP contribution in [0.2, 0.25) is 0 Å². The minimum absolute atomic E-state index is 0.0119. The fourth-order valence-corrected chi connectivity index (χ4v) is 3.56. The zero-order valence-electron chi connectivity index (χ0n) is 14.4. The van der Waals surface area contributed by atoms with Crippen LogP contribution in [0.4, 0.5) is 4.79 Å². The van der Waals surface area contributed by atoms with Crippen molar-refractivity contribution < 1.29 is 9.59 Å². The number of urea groups is 1. The second-order valence-electron chi connectivity index (χ2n) is 6.91. The van der Waals surface area contributed by atoms with Gasteiger partial charge in [-0.3, -0.25) is 4.79 Å². The maximum Gasteiger partial charge on any atom is 0.319 e. The van der Waals surface area contributed by atoms with Crippen LogP contribution in [0.1, 0.15) is 32.6 Å². The monoisotopic (exact) mass is 333 g/mol. The van der Waals surface area contributed by atoms with E-state index in [1.165, 1.54) is 0 Å². The zero-order chi connectivity index (χ0) is 16.9. The molecule has 3 rings (SSSR count). The summed E-state index contributed by atoms with van der Waals surface area (Å²) >= 11 is 0. The number of hydrogen-bond donors (Lipinski definition) is 1. The van der Waals surface area contributed by atoms with Gasteiger partial charge in [-0.2, -0.15) is 0 Å². The molecule has 1 N–H and O–H groups in total. The Hall–Kier alpha value is -2.05. The van der Waals surface area contributed by atoms with Crippen LogP contribution < -0.4 is 5.32 Å². The zero-order valence-corrected chi connectivity index (χ0v) is 14.4. The molecule has 0 spiro atoms. The molecule has 0 aromatic carbocycles. The summed E-state index contributed by atoms with van der Waals surface area (Å²) in [6, 6.07) is 0.218. The van der Waals surface area contributed by atoms with E-state index in [9.17, 15) is 9.59 Å². The maximum absolute atomic E-state index is 12.4. The largest absolute Gasteiger partial charge is 0.352 e. The lowest BCUT2D eigenvalue weighted by Crippen LogP contribution is -2.48. The molecule has 7 heteroatoms. The molecule has 2 fully saturated rings. The SMILES string of the molecule is CC(Cn1ccnc1)NC(=O)C1CCN(C(=O)N2CCCC2)CC1. The van der Waals surface area contributed by atoms with Gasteiger partial charge in [0, 0.05) is 57.1 Å². The number of carbonyl (C=O) groups is 2. The lowest BCUT2D eigenvalue weighted by atomic mass is 9.96. The van der Waals surface area contributed by atoms with Crippen molar-refractivity contribution in [2.45, 2.75) is 45.2 Å². The van der Waals surface area contributed by atoms with Crippen molar-refractivity contribution in [1.82, 2.24) is 24.7 Å². The van der Waals surface area contributed by atoms with Crippen LogP contribution in [-0.2, 0) is 11.3 Å². The summed E-state index contributed by atoms with van der Waals surface area (Å²) in [5, 5.41) is 3.09. The minimum atomic E-state index is 0.0119. The van der Waals surface area contributed by atoms with Gasteiger partial charge in [0.2, 0.25) is 5.91 Å². The number of rotatable bonds is 4. The summed E-state index contributed by atoms with van der Waals surface area (Å²) in [5.74, 6) is 0.119. The Balaban J connectivity index is 1.42. The predicted octanol–water partition coefficient (Wildman–Crippen LogP) is 1.32. The average molecular weight is 333 g/mol. The first-order valence-corrected chi connectivity index (χ1v) is 8.93. The van der Waals surface area contributed by atoms with E-state index >= 15 is 0 Å². The van der Waals surface area contributed by atoms with Gasteiger partial charge in [0.05, 0.1) is 6.33 Å². The highest BCUT2D eigenvalue weighted by Crippen LogP contribution is 2.20. The van der Waals surface area contributed by atoms with Crippen LogP contribution in [0.5, 0.6) is 0 Å². The third kappa shape index (κ3) is 4.07. The smallest absolute Gasteiger partial charge is 0.319 e. The molecule has 24 heavy (non-hydrogen) atoms. The number of aromatic nitrogens is 2. The van der Waals surface area contributed by atoms with Gasteiger partial charge in [0.1, 0.15) is 0 Å². The predicted molar refractivity (Wildman–Crippen MR) is 90.3 cm³/mol. The minimum Gasteiger partial charge on any atom is -0.352 e. The highest BCUT2D eigenvalue weighted by atomic mass is 16.2. The third-order valence-corrected chi connectivity index (χ3v) is 4.95. The topological polar surface area (TPSA) is 70.5 Å². The molecule has 1 aromatic heterocycles. The molecular formula is C17H27N5O2. The van der Waals surface area contributed by atoms with E-state index in [0.29, 0.717) is 13.1 Å². The van der Waals surface area contributed by atoms with Crippen molar-refractivity contribution in [2.24, 2.45) is 5.92 Å². The molecule has 0 radical (unpaired) electrons. The lowest BCUT2D eigenvalue weighted by Gasteiger charge is -2.34. The molecule has 132 valence electrons. The van der Waals surface area contributed by atoms with E-state index < -0.39 is 0 Å². The van der Waals surface area contributed by atoms with Gasteiger partial charge in [0.15, 0.2) is 0 Å². The van der Waals surface area contributed by atoms with Crippen LogP contribution >= 0.6 is 0 Å². The van der Waals surface area contributed by atoms with E-state index in [-0.39, 0.29) is 23.9 Å². The van der Waals surface area contributed by atoms with Crippen LogP contribution in [0, 0.1) is 5.92 Å². The molecule has 0 saturated carbocycles. The van der Waals surface area contributed by atoms with Crippen molar-refractivity contribution in [3.8, 4) is 0 Å². The van der Waals surface area contributed by atoms with Crippen molar-refractivity contribution in [1.29, 1.82) is 0 Å². The molecule has 1 aromatic rings. The van der Waals surface area contributed by atoms with E-state index in [0.717, 1.165) is 45.3 Å². The van der Waals surface area contributed by atoms with Crippen molar-refractivity contribution in [2.75, 3.05) is 26.2 Å². The highest BCUT2D eigenvalue weighted by molar-refractivity contribution is 5.80. The van der Waals surface area contributed by atoms with Gasteiger partial charge in [0.25, 0.3) is 0 Å². The maximum atomic E-state index is 12.4. The number of carbonyl (C=O) groups excluding carboxylic acids is 2. The van der Waals surface area contributed by atoms with Crippen molar-refractivity contribution in [3.63, 3.8) is 0 Å². The first-order valence-electron chi connectivity index (χ1n) is 8.93. The van der Waals surface area contributed by atoms with Gasteiger partial charge in [-0.05, 0) is 32.6 Å². The molecule has 0 bridgehead atoms. The van der Waals surface area contributed by atoms with Gasteiger partial charge in [-0.25, -0.2) is 9.78 Å². The summed E-state index contributed by atoms with van der Waals surface area (Å²) in [5.41, 5.74) is 0. The fourth-order valence-electron chi connectivity index (χ4n) is 3.56. The number of imidazole rings is 1. The molecule has 2 saturated heterocycles. The Bertz CT molecular complexity index is 545. The van der Waals surface area contributed by atoms with Crippen LogP contribution in [-0.4, -0.2) is 63.5 Å². The Labute approximate surface area is 143 Å². The quantitative estimate of drug-likeness (QED) is 0.903. The summed E-state index contributed by atoms with van der Waals surface area (Å²) in [4.78, 5) is 32.7. The Morgan fingerprint density at radius 1 is 1.17 bits per heavy atom. The Kier molecular flexibility index (Phi) is 5.37. The van der Waals surface area contributed by atoms with Crippen molar-refractivity contribution in [3.05, 3.63) is 18.7 Å². The Morgan fingerprint density at radius 2 is 1.83 bits per heavy atom. The number of amides is 3. The van der Waals surface area contributed by atoms with E-state index in [1.54, 1.807) is 12.5 Å². The molecule has 0 aliphatic carbocycles. The molecule has 1 atom stereocenters. The summed E-state index contributed by atoms with van der Waals surface area (Å²) in [7, 11) is 0. The summed E-state index contributed by atoms with van der Waals surface area (Å²) in [6.07, 6.45) is 9.11. The number of piperidine rings is 1. The normalized spacial score (nSPS) is 20.2. The number of likely N-dealkylation sites (tertiary alicyclic amines) is 2. The molecule has 2 aliphatic heterocycles. The third-order valence-electron chi connectivity index (χ3n) is 4.95. The highest BCUT2D eigenvalue weighted by Gasteiger charge is 2.30. The molecule has 7 nitrogen and oxygen atoms in total. The number of nitrogens with zero attached hydrogens (tertiary/aromatic N) is 4. The molecular weight excluding hydrogens is 306 g/mol. The molecule has 3 heterocycles. The van der Waals surface area contributed by atoms with Crippen molar-refractivity contribution >= 4 is 11.9 Å². The average Bonchev–Trinajstić information content (AvgIpc) is 3.27. The van der Waals surface area contributed by atoms with E-state index in [1.807, 2.05) is 27.5 Å². The summed E-state index contributed by atoms with van der Waals surface area (Å²) in [6.45, 7) is 5.85. The molecule has 3 amide bonds. The van der Waals surface area contributed by atoms with Crippen LogP contribution in [0.25, 0.3) is 0 Å². The van der Waals surface area contributed by atoms with E-state index in [2.05, 4.69) is 10.3 Å². The molecule has 2 aliphatic rings. The van der Waals surface area contributed by atoms with E-state index in [4.69, 9.17) is 0 Å². The van der Waals surface area contributed by atoms with Gasteiger partial charge in [-0.1, -0.05) is 0 Å². The second-order valence-corrected chi connectivity index (χ2v) is 6.91. The second kappa shape index (κ2) is 7.68. The first-order chi connectivity index (χ1) is 11.6. The van der Waals surface area contributed by atoms with Gasteiger partial charge in [-0.15, -0.1) is 0 Å². The standard InChI is InChI=1S/C17H27N5O2/c1-14(12-20-11-6-18-13-20)19-16(23)15-4-9-22(10-5-15)17(24)21-7-2-3-8-21/h6,11,13-15H,2-5,7-10,12H2,1H3,(H,19,23). The Morgan fingerprint density at radius 3 is 2.46 bits per heavy atom. The molecule has 1 unspecified atom stereocenters. The number of hydrogen-bond acceptors (Lipinski definition) is 3. The van der Waals surface area contributed by atoms with Gasteiger partial charge < -0.3 is 19.7 Å². The van der Waals surface area contributed by atoms with Crippen LogP contribution in [0.15, 0.2) is 18.7 Å². The lowest BCUT2D eigenvalue weighted by molar-refractivity contribution is -0.127. The summed E-state index contributed by atoms with van der Waals surface area (Å²) < 4.78 is 1.96.